The summed E-state index contributed by atoms with van der Waals surface area (Å²) in [5.74, 6) is 0.455. The van der Waals surface area contributed by atoms with Gasteiger partial charge in [0.25, 0.3) is 5.91 Å². The molecule has 2 aromatic heterocycles. The third-order valence-electron chi connectivity index (χ3n) is 5.32. The highest BCUT2D eigenvalue weighted by Gasteiger charge is 2.18. The Hall–Kier alpha value is -3.53. The van der Waals surface area contributed by atoms with Crippen molar-refractivity contribution in [3.63, 3.8) is 0 Å². The maximum absolute atomic E-state index is 12.4. The Morgan fingerprint density at radius 2 is 1.86 bits per heavy atom. The van der Waals surface area contributed by atoms with Crippen LogP contribution in [0.1, 0.15) is 30.6 Å². The van der Waals surface area contributed by atoms with Crippen LogP contribution in [0.4, 0.5) is 5.82 Å². The smallest absolute Gasteiger partial charge is 0.251 e. The molecule has 5 N–H and O–H groups in total. The van der Waals surface area contributed by atoms with E-state index in [0.717, 1.165) is 11.1 Å². The minimum Gasteiger partial charge on any atom is -0.383 e. The predicted octanol–water partition coefficient (Wildman–Crippen LogP) is 4.14. The number of hydrogen-bond acceptors (Lipinski definition) is 7. The Balaban J connectivity index is 1.60. The van der Waals surface area contributed by atoms with Gasteiger partial charge in [-0.25, -0.2) is 4.98 Å². The van der Waals surface area contributed by atoms with E-state index >= 15 is 0 Å². The average molecular weight is 511 g/mol. The molecule has 0 spiro atoms. The maximum atomic E-state index is 12.4. The zero-order chi connectivity index (χ0) is 25.2. The second kappa shape index (κ2) is 9.99. The Morgan fingerprint density at radius 3 is 2.57 bits per heavy atom. The summed E-state index contributed by atoms with van der Waals surface area (Å²) in [4.78, 5) is 16.8. The fraction of sp³-hybridized carbons (Fsp3) is 0.208. The fourth-order valence-electron chi connectivity index (χ4n) is 3.40. The van der Waals surface area contributed by atoms with Gasteiger partial charge in [0.2, 0.25) is 0 Å². The van der Waals surface area contributed by atoms with E-state index in [2.05, 4.69) is 25.8 Å². The standard InChI is InChI=1S/C24H24Cl2N8O/c1-24(2,28)10-11-29-23(35)15-8-6-14(7-9-15)16-12-17(21(27)30-13-16)22-31-32-33-34(22)19-5-3-4-18(25)20(19)26/h3-9,12-13H,10-11,28H2,1-2H3,(H2,27,30)(H,29,35). The number of nitrogens with two attached hydrogens (primary N) is 2. The van der Waals surface area contributed by atoms with Crippen molar-refractivity contribution in [3.8, 4) is 28.2 Å². The number of tetrazole rings is 1. The number of carbonyl (C=O) groups excluding carboxylic acids is 1. The van der Waals surface area contributed by atoms with Crippen molar-refractivity contribution >= 4 is 34.9 Å². The Bertz CT molecular complexity index is 1360. The largest absolute Gasteiger partial charge is 0.383 e. The Labute approximate surface area is 212 Å². The number of halogens is 2. The molecule has 0 fully saturated rings. The van der Waals surface area contributed by atoms with Gasteiger partial charge in [-0.1, -0.05) is 41.4 Å². The average Bonchev–Trinajstić information content (AvgIpc) is 3.30. The molecule has 0 radical (unpaired) electrons. The van der Waals surface area contributed by atoms with Crippen LogP contribution in [0.3, 0.4) is 0 Å². The molecule has 1 amide bonds. The first kappa shape index (κ1) is 24.6. The molecule has 0 aliphatic carbocycles. The van der Waals surface area contributed by atoms with Crippen molar-refractivity contribution in [1.29, 1.82) is 0 Å². The number of rotatable bonds is 7. The Morgan fingerprint density at radius 1 is 1.11 bits per heavy atom. The van der Waals surface area contributed by atoms with E-state index in [1.165, 1.54) is 4.68 Å². The SMILES string of the molecule is CC(C)(N)CCNC(=O)c1ccc(-c2cnc(N)c(-c3nnnn3-c3cccc(Cl)c3Cl)c2)cc1. The molecule has 4 aromatic rings. The van der Waals surface area contributed by atoms with Gasteiger partial charge in [-0.2, -0.15) is 4.68 Å². The summed E-state index contributed by atoms with van der Waals surface area (Å²) in [6.45, 7) is 4.34. The summed E-state index contributed by atoms with van der Waals surface area (Å²) in [5, 5.41) is 15.5. The van der Waals surface area contributed by atoms with Gasteiger partial charge in [0.05, 0.1) is 21.3 Å². The van der Waals surface area contributed by atoms with Gasteiger partial charge in [0.15, 0.2) is 5.82 Å². The number of anilines is 1. The van der Waals surface area contributed by atoms with Crippen LogP contribution >= 0.6 is 23.2 Å². The molecule has 0 saturated carbocycles. The third kappa shape index (κ3) is 5.59. The number of amides is 1. The van der Waals surface area contributed by atoms with Gasteiger partial charge in [-0.3, -0.25) is 4.79 Å². The summed E-state index contributed by atoms with van der Waals surface area (Å²) in [5.41, 5.74) is 15.0. The molecule has 2 aromatic carbocycles. The highest BCUT2D eigenvalue weighted by Crippen LogP contribution is 2.33. The monoisotopic (exact) mass is 510 g/mol. The first-order chi connectivity index (χ1) is 16.6. The molecule has 2 heterocycles. The number of pyridine rings is 1. The summed E-state index contributed by atoms with van der Waals surface area (Å²) in [6, 6.07) is 14.2. The normalized spacial score (nSPS) is 11.5. The Kier molecular flexibility index (Phi) is 7.02. The summed E-state index contributed by atoms with van der Waals surface area (Å²) >= 11 is 12.5. The number of nitrogen functional groups attached to an aromatic ring is 1. The number of nitrogens with zero attached hydrogens (tertiary/aromatic N) is 5. The lowest BCUT2D eigenvalue weighted by atomic mass is 10.0. The van der Waals surface area contributed by atoms with E-state index < -0.39 is 0 Å². The van der Waals surface area contributed by atoms with Gasteiger partial charge in [-0.05, 0) is 66.6 Å². The zero-order valence-electron chi connectivity index (χ0n) is 19.2. The first-order valence-corrected chi connectivity index (χ1v) is 11.6. The number of hydrogen-bond donors (Lipinski definition) is 3. The molecule has 0 bridgehead atoms. The zero-order valence-corrected chi connectivity index (χ0v) is 20.7. The molecule has 9 nitrogen and oxygen atoms in total. The van der Waals surface area contributed by atoms with Gasteiger partial charge in [-0.15, -0.1) is 5.10 Å². The highest BCUT2D eigenvalue weighted by atomic mass is 35.5. The van der Waals surface area contributed by atoms with Crippen molar-refractivity contribution in [2.75, 3.05) is 12.3 Å². The molecule has 4 rings (SSSR count). The van der Waals surface area contributed by atoms with E-state index in [1.54, 1.807) is 36.5 Å². The molecule has 35 heavy (non-hydrogen) atoms. The molecule has 180 valence electrons. The van der Waals surface area contributed by atoms with Crippen LogP contribution in [-0.4, -0.2) is 43.2 Å². The van der Waals surface area contributed by atoms with E-state index in [9.17, 15) is 4.79 Å². The lowest BCUT2D eigenvalue weighted by molar-refractivity contribution is 0.0951. The minimum atomic E-state index is -0.338. The van der Waals surface area contributed by atoms with Gasteiger partial charge in [0.1, 0.15) is 5.82 Å². The number of carbonyl (C=O) groups is 1. The summed E-state index contributed by atoms with van der Waals surface area (Å²) < 4.78 is 1.46. The van der Waals surface area contributed by atoms with Crippen LogP contribution in [-0.2, 0) is 0 Å². The second-order valence-electron chi connectivity index (χ2n) is 8.72. The fourth-order valence-corrected chi connectivity index (χ4v) is 3.78. The molecule has 11 heteroatoms. The van der Waals surface area contributed by atoms with Gasteiger partial charge >= 0.3 is 0 Å². The topological polar surface area (TPSA) is 138 Å². The third-order valence-corrected chi connectivity index (χ3v) is 6.13. The van der Waals surface area contributed by atoms with E-state index in [1.807, 2.05) is 32.0 Å². The molecule has 0 aliphatic rings. The van der Waals surface area contributed by atoms with E-state index in [-0.39, 0.29) is 17.3 Å². The predicted molar refractivity (Wildman–Crippen MR) is 137 cm³/mol. The first-order valence-electron chi connectivity index (χ1n) is 10.8. The lowest BCUT2D eigenvalue weighted by Gasteiger charge is -2.18. The van der Waals surface area contributed by atoms with Crippen molar-refractivity contribution in [1.82, 2.24) is 30.5 Å². The molecular formula is C24H24Cl2N8O. The van der Waals surface area contributed by atoms with E-state index in [4.69, 9.17) is 34.7 Å². The number of aromatic nitrogens is 5. The quantitative estimate of drug-likeness (QED) is 0.339. The van der Waals surface area contributed by atoms with Crippen LogP contribution in [0.25, 0.3) is 28.2 Å². The highest BCUT2D eigenvalue weighted by molar-refractivity contribution is 6.43. The van der Waals surface area contributed by atoms with Gasteiger partial charge < -0.3 is 16.8 Å². The van der Waals surface area contributed by atoms with Crippen LogP contribution in [0.2, 0.25) is 10.0 Å². The molecule has 0 aliphatic heterocycles. The number of benzene rings is 2. The van der Waals surface area contributed by atoms with Crippen molar-refractivity contribution < 1.29 is 4.79 Å². The molecular weight excluding hydrogens is 487 g/mol. The lowest BCUT2D eigenvalue weighted by Crippen LogP contribution is -2.37. The van der Waals surface area contributed by atoms with Crippen LogP contribution in [0.15, 0.2) is 54.7 Å². The minimum absolute atomic E-state index is 0.158. The maximum Gasteiger partial charge on any atom is 0.251 e. The number of nitrogens with one attached hydrogen (secondary N) is 1. The van der Waals surface area contributed by atoms with Crippen LogP contribution < -0.4 is 16.8 Å². The summed E-state index contributed by atoms with van der Waals surface area (Å²) in [6.07, 6.45) is 2.33. The molecule has 0 unspecified atom stereocenters. The van der Waals surface area contributed by atoms with Crippen molar-refractivity contribution in [2.24, 2.45) is 5.73 Å². The van der Waals surface area contributed by atoms with Crippen molar-refractivity contribution in [3.05, 3.63) is 70.3 Å². The summed E-state index contributed by atoms with van der Waals surface area (Å²) in [7, 11) is 0. The second-order valence-corrected chi connectivity index (χ2v) is 9.50. The van der Waals surface area contributed by atoms with Gasteiger partial charge in [0, 0.05) is 29.4 Å². The molecule has 0 saturated heterocycles. The van der Waals surface area contributed by atoms with Crippen LogP contribution in [0.5, 0.6) is 0 Å². The molecule has 0 atom stereocenters. The van der Waals surface area contributed by atoms with E-state index in [0.29, 0.717) is 45.6 Å². The van der Waals surface area contributed by atoms with Crippen LogP contribution in [0, 0.1) is 0 Å². The van der Waals surface area contributed by atoms with Crippen molar-refractivity contribution in [2.45, 2.75) is 25.8 Å².